The summed E-state index contributed by atoms with van der Waals surface area (Å²) >= 11 is 9.47. The van der Waals surface area contributed by atoms with Crippen molar-refractivity contribution in [1.82, 2.24) is 0 Å². The maximum absolute atomic E-state index is 10.6. The summed E-state index contributed by atoms with van der Waals surface area (Å²) < 4.78 is 6.62. The minimum absolute atomic E-state index is 0.418. The molecule has 2 rings (SSSR count). The lowest BCUT2D eigenvalue weighted by Gasteiger charge is -2.09. The van der Waals surface area contributed by atoms with Crippen molar-refractivity contribution in [3.05, 3.63) is 63.1 Å². The van der Waals surface area contributed by atoms with E-state index < -0.39 is 0 Å². The molecule has 0 fully saturated rings. The predicted molar refractivity (Wildman–Crippen MR) is 75.3 cm³/mol. The van der Waals surface area contributed by atoms with Crippen LogP contribution < -0.4 is 4.74 Å². The fraction of sp³-hybridized carbons (Fsp3) is 0.0714. The molecular formula is C14H10BrClO2. The Labute approximate surface area is 119 Å². The Morgan fingerprint density at radius 1 is 1.22 bits per heavy atom. The van der Waals surface area contributed by atoms with Crippen LogP contribution in [0.3, 0.4) is 0 Å². The van der Waals surface area contributed by atoms with Gasteiger partial charge in [0, 0.05) is 15.6 Å². The van der Waals surface area contributed by atoms with Crippen LogP contribution in [0.25, 0.3) is 0 Å². The van der Waals surface area contributed by atoms with E-state index in [9.17, 15) is 4.79 Å². The molecule has 4 heteroatoms. The third kappa shape index (κ3) is 3.12. The Bertz CT molecular complexity index is 569. The van der Waals surface area contributed by atoms with Gasteiger partial charge in [0.05, 0.1) is 5.02 Å². The smallest absolute Gasteiger partial charge is 0.150 e. The van der Waals surface area contributed by atoms with Gasteiger partial charge in [0.25, 0.3) is 0 Å². The first kappa shape index (κ1) is 13.1. The van der Waals surface area contributed by atoms with E-state index in [4.69, 9.17) is 16.3 Å². The largest absolute Gasteiger partial charge is 0.487 e. The van der Waals surface area contributed by atoms with Gasteiger partial charge in [0.15, 0.2) is 0 Å². The van der Waals surface area contributed by atoms with Crippen molar-refractivity contribution in [2.24, 2.45) is 0 Å². The lowest BCUT2D eigenvalue weighted by atomic mass is 10.2. The highest BCUT2D eigenvalue weighted by Gasteiger charge is 2.04. The van der Waals surface area contributed by atoms with Gasteiger partial charge in [-0.2, -0.15) is 0 Å². The van der Waals surface area contributed by atoms with Crippen molar-refractivity contribution in [1.29, 1.82) is 0 Å². The van der Waals surface area contributed by atoms with E-state index in [0.29, 0.717) is 22.9 Å². The van der Waals surface area contributed by atoms with Gasteiger partial charge in [-0.15, -0.1) is 0 Å². The fourth-order valence-corrected chi connectivity index (χ4v) is 2.12. The normalized spacial score (nSPS) is 10.1. The molecular weight excluding hydrogens is 316 g/mol. The molecule has 18 heavy (non-hydrogen) atoms. The summed E-state index contributed by atoms with van der Waals surface area (Å²) in [6.07, 6.45) is 0.753. The number of benzene rings is 2. The summed E-state index contributed by atoms with van der Waals surface area (Å²) in [5.41, 5.74) is 1.57. The molecule has 0 aliphatic rings. The zero-order valence-corrected chi connectivity index (χ0v) is 11.7. The molecule has 0 amide bonds. The van der Waals surface area contributed by atoms with Crippen LogP contribution in [0.4, 0.5) is 0 Å². The van der Waals surface area contributed by atoms with Gasteiger partial charge in [0.2, 0.25) is 0 Å². The Kier molecular flexibility index (Phi) is 4.39. The number of ether oxygens (including phenoxy) is 1. The number of halogens is 2. The zero-order chi connectivity index (χ0) is 13.0. The van der Waals surface area contributed by atoms with E-state index in [-0.39, 0.29) is 0 Å². The predicted octanol–water partition coefficient (Wildman–Crippen LogP) is 4.49. The standard InChI is InChI=1S/C14H10BrClO2/c15-12-4-2-1-3-11(12)9-18-14-6-5-10(8-17)7-13(14)16/h1-8H,9H2. The molecule has 92 valence electrons. The molecule has 0 heterocycles. The molecule has 0 N–H and O–H groups in total. The van der Waals surface area contributed by atoms with Crippen LogP contribution >= 0.6 is 27.5 Å². The van der Waals surface area contributed by atoms with E-state index >= 15 is 0 Å². The quantitative estimate of drug-likeness (QED) is 0.774. The van der Waals surface area contributed by atoms with Crippen molar-refractivity contribution in [2.75, 3.05) is 0 Å². The van der Waals surface area contributed by atoms with Crippen LogP contribution in [0.5, 0.6) is 5.75 Å². The maximum Gasteiger partial charge on any atom is 0.150 e. The lowest BCUT2D eigenvalue weighted by molar-refractivity contribution is 0.112. The van der Waals surface area contributed by atoms with Crippen LogP contribution in [0.1, 0.15) is 15.9 Å². The molecule has 0 saturated heterocycles. The minimum atomic E-state index is 0.418. The second-order valence-electron chi connectivity index (χ2n) is 3.69. The van der Waals surface area contributed by atoms with E-state index in [2.05, 4.69) is 15.9 Å². The second kappa shape index (κ2) is 6.03. The summed E-state index contributed by atoms with van der Waals surface area (Å²) in [4.78, 5) is 10.6. The summed E-state index contributed by atoms with van der Waals surface area (Å²) in [7, 11) is 0. The lowest BCUT2D eigenvalue weighted by Crippen LogP contribution is -1.97. The van der Waals surface area contributed by atoms with E-state index in [1.807, 2.05) is 24.3 Å². The van der Waals surface area contributed by atoms with Crippen LogP contribution in [0.15, 0.2) is 46.9 Å². The van der Waals surface area contributed by atoms with Gasteiger partial charge in [-0.05, 0) is 24.3 Å². The maximum atomic E-state index is 10.6. The highest BCUT2D eigenvalue weighted by atomic mass is 79.9. The number of hydrogen-bond acceptors (Lipinski definition) is 2. The van der Waals surface area contributed by atoms with Gasteiger partial charge in [0.1, 0.15) is 18.6 Å². The van der Waals surface area contributed by atoms with Gasteiger partial charge < -0.3 is 4.74 Å². The van der Waals surface area contributed by atoms with Crippen molar-refractivity contribution in [3.8, 4) is 5.75 Å². The average molecular weight is 326 g/mol. The average Bonchev–Trinajstić information content (AvgIpc) is 2.39. The topological polar surface area (TPSA) is 26.3 Å². The molecule has 0 aliphatic heterocycles. The Morgan fingerprint density at radius 2 is 2.00 bits per heavy atom. The van der Waals surface area contributed by atoms with Gasteiger partial charge in [-0.3, -0.25) is 4.79 Å². The second-order valence-corrected chi connectivity index (χ2v) is 4.95. The fourth-order valence-electron chi connectivity index (χ4n) is 1.48. The summed E-state index contributed by atoms with van der Waals surface area (Å²) in [6, 6.07) is 12.8. The molecule has 2 aromatic carbocycles. The first-order chi connectivity index (χ1) is 8.70. The van der Waals surface area contributed by atoms with Crippen molar-refractivity contribution < 1.29 is 9.53 Å². The Balaban J connectivity index is 2.11. The molecule has 0 aromatic heterocycles. The van der Waals surface area contributed by atoms with E-state index in [1.165, 1.54) is 0 Å². The van der Waals surface area contributed by atoms with Gasteiger partial charge in [-0.25, -0.2) is 0 Å². The third-order valence-electron chi connectivity index (χ3n) is 2.43. The summed E-state index contributed by atoms with van der Waals surface area (Å²) in [6.45, 7) is 0.418. The Hall–Kier alpha value is -1.32. The third-order valence-corrected chi connectivity index (χ3v) is 3.50. The molecule has 0 saturated carbocycles. The minimum Gasteiger partial charge on any atom is -0.487 e. The zero-order valence-electron chi connectivity index (χ0n) is 9.40. The van der Waals surface area contributed by atoms with Crippen molar-refractivity contribution >= 4 is 33.8 Å². The summed E-state index contributed by atoms with van der Waals surface area (Å²) in [5, 5.41) is 0.437. The number of hydrogen-bond donors (Lipinski definition) is 0. The first-order valence-corrected chi connectivity index (χ1v) is 6.49. The number of carbonyl (C=O) groups is 1. The van der Waals surface area contributed by atoms with E-state index in [0.717, 1.165) is 16.3 Å². The van der Waals surface area contributed by atoms with Crippen molar-refractivity contribution in [3.63, 3.8) is 0 Å². The highest BCUT2D eigenvalue weighted by molar-refractivity contribution is 9.10. The Morgan fingerprint density at radius 3 is 2.67 bits per heavy atom. The van der Waals surface area contributed by atoms with Crippen molar-refractivity contribution in [2.45, 2.75) is 6.61 Å². The highest BCUT2D eigenvalue weighted by Crippen LogP contribution is 2.26. The number of rotatable bonds is 4. The SMILES string of the molecule is O=Cc1ccc(OCc2ccccc2Br)c(Cl)c1. The number of aldehydes is 1. The first-order valence-electron chi connectivity index (χ1n) is 5.31. The molecule has 0 spiro atoms. The molecule has 0 atom stereocenters. The monoisotopic (exact) mass is 324 g/mol. The van der Waals surface area contributed by atoms with Crippen LogP contribution in [0.2, 0.25) is 5.02 Å². The van der Waals surface area contributed by atoms with Gasteiger partial charge >= 0.3 is 0 Å². The van der Waals surface area contributed by atoms with Crippen LogP contribution in [0, 0.1) is 0 Å². The number of carbonyl (C=O) groups excluding carboxylic acids is 1. The van der Waals surface area contributed by atoms with E-state index in [1.54, 1.807) is 18.2 Å². The summed E-state index contributed by atoms with van der Waals surface area (Å²) in [5.74, 6) is 0.568. The molecule has 0 aliphatic carbocycles. The molecule has 0 radical (unpaired) electrons. The molecule has 0 bridgehead atoms. The molecule has 0 unspecified atom stereocenters. The molecule has 2 aromatic rings. The van der Waals surface area contributed by atoms with Crippen LogP contribution in [-0.2, 0) is 6.61 Å². The van der Waals surface area contributed by atoms with Gasteiger partial charge in [-0.1, -0.05) is 45.7 Å². The molecule has 2 nitrogen and oxygen atoms in total. The van der Waals surface area contributed by atoms with Crippen LogP contribution in [-0.4, -0.2) is 6.29 Å².